The summed E-state index contributed by atoms with van der Waals surface area (Å²) in [7, 11) is 0. The van der Waals surface area contributed by atoms with Crippen molar-refractivity contribution in [1.82, 2.24) is 5.43 Å². The zero-order valence-corrected chi connectivity index (χ0v) is 15.3. The van der Waals surface area contributed by atoms with E-state index in [0.717, 1.165) is 36.8 Å². The smallest absolute Gasteiger partial charge is 0.267 e. The van der Waals surface area contributed by atoms with Gasteiger partial charge in [-0.2, -0.15) is 5.10 Å². The first-order valence-electron chi connectivity index (χ1n) is 8.93. The van der Waals surface area contributed by atoms with Crippen LogP contribution in [0.25, 0.3) is 6.08 Å². The molecule has 2 aromatic carbocycles. The summed E-state index contributed by atoms with van der Waals surface area (Å²) >= 11 is 0. The third kappa shape index (κ3) is 6.86. The van der Waals surface area contributed by atoms with Gasteiger partial charge in [-0.25, -0.2) is 5.43 Å². The quantitative estimate of drug-likeness (QED) is 0.294. The van der Waals surface area contributed by atoms with E-state index in [2.05, 4.69) is 23.5 Å². The van der Waals surface area contributed by atoms with E-state index in [1.54, 1.807) is 6.21 Å². The largest absolute Gasteiger partial charge is 0.271 e. The highest BCUT2D eigenvalue weighted by Gasteiger charge is 2.08. The first-order valence-corrected chi connectivity index (χ1v) is 8.93. The normalized spacial score (nSPS) is 11.5. The van der Waals surface area contributed by atoms with Crippen molar-refractivity contribution in [2.75, 3.05) is 0 Å². The van der Waals surface area contributed by atoms with E-state index in [4.69, 9.17) is 0 Å². The van der Waals surface area contributed by atoms with E-state index in [1.807, 2.05) is 30.3 Å². The second-order valence-corrected chi connectivity index (χ2v) is 6.09. The van der Waals surface area contributed by atoms with Crippen LogP contribution in [0.4, 0.5) is 5.69 Å². The van der Waals surface area contributed by atoms with Crippen molar-refractivity contribution >= 4 is 23.9 Å². The predicted molar refractivity (Wildman–Crippen MR) is 108 cm³/mol. The van der Waals surface area contributed by atoms with Crippen LogP contribution >= 0.6 is 0 Å². The lowest BCUT2D eigenvalue weighted by atomic mass is 10.1. The van der Waals surface area contributed by atoms with Crippen molar-refractivity contribution in [3.63, 3.8) is 0 Å². The van der Waals surface area contributed by atoms with Gasteiger partial charge in [0.2, 0.25) is 0 Å². The number of hydrogen-bond acceptors (Lipinski definition) is 4. The van der Waals surface area contributed by atoms with Crippen LogP contribution in [-0.4, -0.2) is 17.0 Å². The molecule has 140 valence electrons. The van der Waals surface area contributed by atoms with Crippen molar-refractivity contribution in [3.05, 3.63) is 81.4 Å². The molecule has 0 atom stereocenters. The number of unbranched alkanes of at least 4 members (excludes halogenated alkanes) is 2. The van der Waals surface area contributed by atoms with E-state index in [-0.39, 0.29) is 5.69 Å². The van der Waals surface area contributed by atoms with Crippen molar-refractivity contribution in [3.8, 4) is 0 Å². The molecule has 0 bridgehead atoms. The predicted octanol–water partition coefficient (Wildman–Crippen LogP) is 4.97. The summed E-state index contributed by atoms with van der Waals surface area (Å²) in [5, 5.41) is 14.7. The maximum Gasteiger partial charge on any atom is 0.271 e. The van der Waals surface area contributed by atoms with Crippen LogP contribution in [0.15, 0.2) is 65.3 Å². The highest BCUT2D eigenvalue weighted by Crippen LogP contribution is 2.13. The lowest BCUT2D eigenvalue weighted by molar-refractivity contribution is -0.384. The summed E-state index contributed by atoms with van der Waals surface area (Å²) in [6.45, 7) is 2.15. The average Bonchev–Trinajstić information content (AvgIpc) is 2.68. The molecular formula is C21H23N3O3. The van der Waals surface area contributed by atoms with Gasteiger partial charge >= 0.3 is 0 Å². The number of non-ortho nitro benzene ring substituents is 1. The molecule has 0 aliphatic carbocycles. The lowest BCUT2D eigenvalue weighted by Crippen LogP contribution is -2.17. The van der Waals surface area contributed by atoms with Gasteiger partial charge in [0.15, 0.2) is 0 Å². The van der Waals surface area contributed by atoms with Gasteiger partial charge in [0, 0.05) is 17.7 Å². The van der Waals surface area contributed by atoms with Gasteiger partial charge in [-0.15, -0.1) is 0 Å². The van der Waals surface area contributed by atoms with Gasteiger partial charge in [-0.1, -0.05) is 56.2 Å². The third-order valence-corrected chi connectivity index (χ3v) is 3.96. The van der Waals surface area contributed by atoms with Gasteiger partial charge in [0.25, 0.3) is 11.6 Å². The highest BCUT2D eigenvalue weighted by atomic mass is 16.6. The van der Waals surface area contributed by atoms with E-state index >= 15 is 0 Å². The number of nitro benzene ring substituents is 1. The molecule has 6 heteroatoms. The fraction of sp³-hybridized carbons (Fsp3) is 0.238. The molecular weight excluding hydrogens is 342 g/mol. The lowest BCUT2D eigenvalue weighted by Gasteiger charge is -2.03. The number of nitrogens with one attached hydrogen (secondary N) is 1. The molecule has 0 unspecified atom stereocenters. The molecule has 1 amide bonds. The zero-order valence-electron chi connectivity index (χ0n) is 15.3. The Hall–Kier alpha value is -3.28. The van der Waals surface area contributed by atoms with E-state index in [0.29, 0.717) is 5.56 Å². The minimum absolute atomic E-state index is 0.0564. The van der Waals surface area contributed by atoms with E-state index in [1.165, 1.54) is 24.3 Å². The maximum atomic E-state index is 12.1. The van der Waals surface area contributed by atoms with Crippen LogP contribution in [0.2, 0.25) is 0 Å². The Morgan fingerprint density at radius 1 is 1.11 bits per heavy atom. The van der Waals surface area contributed by atoms with Crippen molar-refractivity contribution < 1.29 is 9.72 Å². The van der Waals surface area contributed by atoms with Crippen LogP contribution < -0.4 is 5.43 Å². The minimum Gasteiger partial charge on any atom is -0.267 e. The number of benzene rings is 2. The van der Waals surface area contributed by atoms with E-state index in [9.17, 15) is 14.9 Å². The second-order valence-electron chi connectivity index (χ2n) is 6.09. The molecule has 0 radical (unpaired) electrons. The van der Waals surface area contributed by atoms with Crippen LogP contribution in [-0.2, 0) is 0 Å². The number of carbonyl (C=O) groups is 1. The van der Waals surface area contributed by atoms with E-state index < -0.39 is 10.8 Å². The average molecular weight is 365 g/mol. The number of carbonyl (C=O) groups excluding carboxylic acids is 1. The number of hydrazone groups is 1. The molecule has 0 aromatic heterocycles. The first kappa shape index (κ1) is 20.0. The number of nitro groups is 1. The Balaban J connectivity index is 2.02. The van der Waals surface area contributed by atoms with Gasteiger partial charge in [0.1, 0.15) is 0 Å². The Labute approximate surface area is 158 Å². The van der Waals surface area contributed by atoms with Crippen LogP contribution in [0.1, 0.15) is 48.5 Å². The third-order valence-electron chi connectivity index (χ3n) is 3.96. The Morgan fingerprint density at radius 2 is 1.81 bits per heavy atom. The molecule has 0 aliphatic heterocycles. The number of hydrogen-bond donors (Lipinski definition) is 1. The first-order chi connectivity index (χ1) is 13.1. The monoisotopic (exact) mass is 365 g/mol. The van der Waals surface area contributed by atoms with Gasteiger partial charge in [-0.05, 0) is 36.1 Å². The Morgan fingerprint density at radius 3 is 2.44 bits per heavy atom. The molecule has 0 spiro atoms. The Kier molecular flexibility index (Phi) is 7.91. The summed E-state index contributed by atoms with van der Waals surface area (Å²) in [5.41, 5.74) is 4.84. The standard InChI is InChI=1S/C21H23N3O3/c1-2-3-5-10-18(15-17-8-6-4-7-9-17)16-22-23-21(25)19-11-13-20(14-12-19)24(26)27/h4,6-9,11-16H,2-3,5,10H2,1H3,(H,23,25)/b18-15-,22-16-. The van der Waals surface area contributed by atoms with Crippen molar-refractivity contribution in [1.29, 1.82) is 0 Å². The summed E-state index contributed by atoms with van der Waals surface area (Å²) in [6.07, 6.45) is 7.90. The molecule has 0 aliphatic rings. The van der Waals surface area contributed by atoms with Crippen molar-refractivity contribution in [2.45, 2.75) is 32.6 Å². The minimum atomic E-state index is -0.503. The summed E-state index contributed by atoms with van der Waals surface area (Å²) in [5.74, 6) is -0.409. The number of rotatable bonds is 9. The fourth-order valence-corrected chi connectivity index (χ4v) is 2.49. The zero-order chi connectivity index (χ0) is 19.5. The molecule has 2 aromatic rings. The number of allylic oxidation sites excluding steroid dienone is 1. The molecule has 0 saturated carbocycles. The Bertz CT molecular complexity index is 812. The molecule has 0 saturated heterocycles. The van der Waals surface area contributed by atoms with Crippen LogP contribution in [0, 0.1) is 10.1 Å². The summed E-state index contributed by atoms with van der Waals surface area (Å²) in [4.78, 5) is 22.3. The highest BCUT2D eigenvalue weighted by molar-refractivity contribution is 5.95. The SMILES string of the molecule is CCCCCC(/C=N\NC(=O)c1ccc([N+](=O)[O-])cc1)=C/c1ccccc1. The number of nitrogens with zero attached hydrogens (tertiary/aromatic N) is 2. The molecule has 0 heterocycles. The molecule has 1 N–H and O–H groups in total. The maximum absolute atomic E-state index is 12.1. The van der Waals surface area contributed by atoms with Crippen molar-refractivity contribution in [2.24, 2.45) is 5.10 Å². The van der Waals surface area contributed by atoms with Crippen LogP contribution in [0.5, 0.6) is 0 Å². The second kappa shape index (κ2) is 10.7. The molecule has 0 fully saturated rings. The molecule has 2 rings (SSSR count). The van der Waals surface area contributed by atoms with Crippen LogP contribution in [0.3, 0.4) is 0 Å². The summed E-state index contributed by atoms with van der Waals surface area (Å²) in [6, 6.07) is 15.4. The number of amides is 1. The van der Waals surface area contributed by atoms with Gasteiger partial charge in [0.05, 0.1) is 11.1 Å². The fourth-order valence-electron chi connectivity index (χ4n) is 2.49. The van der Waals surface area contributed by atoms with Gasteiger partial charge < -0.3 is 0 Å². The van der Waals surface area contributed by atoms with Gasteiger partial charge in [-0.3, -0.25) is 14.9 Å². The molecule has 27 heavy (non-hydrogen) atoms. The summed E-state index contributed by atoms with van der Waals surface area (Å²) < 4.78 is 0. The topological polar surface area (TPSA) is 84.6 Å². The molecule has 6 nitrogen and oxygen atoms in total.